The Morgan fingerprint density at radius 2 is 1.91 bits per heavy atom. The highest BCUT2D eigenvalue weighted by Crippen LogP contribution is 2.26. The summed E-state index contributed by atoms with van der Waals surface area (Å²) in [4.78, 5) is 14.8. The van der Waals surface area contributed by atoms with Gasteiger partial charge in [-0.05, 0) is 54.3 Å². The molecule has 0 spiro atoms. The van der Waals surface area contributed by atoms with Crippen molar-refractivity contribution in [3.63, 3.8) is 0 Å². The Morgan fingerprint density at radius 1 is 1.09 bits per heavy atom. The molecule has 1 atom stereocenters. The number of aromatic nitrogens is 3. The van der Waals surface area contributed by atoms with Gasteiger partial charge in [0.25, 0.3) is 0 Å². The van der Waals surface area contributed by atoms with E-state index >= 15 is 0 Å². The molecule has 2 aromatic heterocycles. The molecule has 1 saturated heterocycles. The molecule has 1 unspecified atom stereocenters. The summed E-state index contributed by atoms with van der Waals surface area (Å²) < 4.78 is 20.7. The number of nitrogens with zero attached hydrogens (tertiary/aromatic N) is 4. The molecule has 1 N–H and O–H groups in total. The van der Waals surface area contributed by atoms with Gasteiger partial charge in [0.1, 0.15) is 5.82 Å². The average Bonchev–Trinajstić information content (AvgIpc) is 3.64. The number of halogens is 1. The Hall–Kier alpha value is -3.59. The van der Waals surface area contributed by atoms with E-state index in [2.05, 4.69) is 20.4 Å². The topological polar surface area (TPSA) is 76.2 Å². The van der Waals surface area contributed by atoms with Crippen molar-refractivity contribution in [2.45, 2.75) is 18.1 Å². The first-order chi connectivity index (χ1) is 17.2. The molecule has 1 aliphatic rings. The average molecular weight is 492 g/mol. The van der Waals surface area contributed by atoms with E-state index in [-0.39, 0.29) is 17.5 Å². The maximum atomic E-state index is 13.2. The molecule has 35 heavy (non-hydrogen) atoms. The van der Waals surface area contributed by atoms with Gasteiger partial charge in [-0.2, -0.15) is 0 Å². The highest BCUT2D eigenvalue weighted by atomic mass is 32.2. The molecule has 0 radical (unpaired) electrons. The molecule has 0 bridgehead atoms. The summed E-state index contributed by atoms with van der Waals surface area (Å²) in [6, 6.07) is 20.3. The van der Waals surface area contributed by atoms with Gasteiger partial charge in [-0.25, -0.2) is 4.39 Å². The highest BCUT2D eigenvalue weighted by molar-refractivity contribution is 7.99. The molecule has 0 aliphatic carbocycles. The van der Waals surface area contributed by atoms with E-state index in [1.54, 1.807) is 18.4 Å². The lowest BCUT2D eigenvalue weighted by Crippen LogP contribution is -2.32. The number of carbonyl (C=O) groups is 1. The van der Waals surface area contributed by atoms with Crippen LogP contribution in [0.25, 0.3) is 11.6 Å². The van der Waals surface area contributed by atoms with Crippen LogP contribution >= 0.6 is 11.8 Å². The standard InChI is InChI=1S/C26H26FN5O2S/c27-21-8-10-22(11-9-21)31-13-12-20(16-31)15-28-24(33)18-35-26-30-29-25(23-7-4-14-34-23)32(26)17-19-5-2-1-3-6-19/h1-11,14,20H,12-13,15-18H2,(H,28,33). The molecule has 7 nitrogen and oxygen atoms in total. The lowest BCUT2D eigenvalue weighted by Gasteiger charge is -2.18. The second-order valence-corrected chi connectivity index (χ2v) is 9.47. The number of thioether (sulfide) groups is 1. The van der Waals surface area contributed by atoms with Gasteiger partial charge in [0.15, 0.2) is 10.9 Å². The van der Waals surface area contributed by atoms with Gasteiger partial charge >= 0.3 is 0 Å². The third kappa shape index (κ3) is 5.74. The summed E-state index contributed by atoms with van der Waals surface area (Å²) in [7, 11) is 0. The normalized spacial score (nSPS) is 15.5. The van der Waals surface area contributed by atoms with E-state index < -0.39 is 0 Å². The van der Waals surface area contributed by atoms with Crippen molar-refractivity contribution >= 4 is 23.4 Å². The Morgan fingerprint density at radius 3 is 2.69 bits per heavy atom. The minimum absolute atomic E-state index is 0.0379. The van der Waals surface area contributed by atoms with Crippen LogP contribution in [0.4, 0.5) is 10.1 Å². The zero-order valence-electron chi connectivity index (χ0n) is 19.1. The first-order valence-electron chi connectivity index (χ1n) is 11.6. The molecule has 5 rings (SSSR count). The van der Waals surface area contributed by atoms with E-state index in [9.17, 15) is 9.18 Å². The number of hydrogen-bond acceptors (Lipinski definition) is 6. The van der Waals surface area contributed by atoms with Crippen LogP contribution in [0.2, 0.25) is 0 Å². The van der Waals surface area contributed by atoms with Crippen LogP contribution in [-0.4, -0.2) is 46.1 Å². The highest BCUT2D eigenvalue weighted by Gasteiger charge is 2.23. The van der Waals surface area contributed by atoms with Crippen LogP contribution in [0, 0.1) is 11.7 Å². The SMILES string of the molecule is O=C(CSc1nnc(-c2ccco2)n1Cc1ccccc1)NCC1CCN(c2ccc(F)cc2)C1. The predicted octanol–water partition coefficient (Wildman–Crippen LogP) is 4.46. The van der Waals surface area contributed by atoms with Crippen molar-refractivity contribution in [2.24, 2.45) is 5.92 Å². The maximum Gasteiger partial charge on any atom is 0.230 e. The van der Waals surface area contributed by atoms with Gasteiger partial charge < -0.3 is 14.6 Å². The van der Waals surface area contributed by atoms with Gasteiger partial charge in [-0.3, -0.25) is 9.36 Å². The molecule has 9 heteroatoms. The smallest absolute Gasteiger partial charge is 0.230 e. The third-order valence-electron chi connectivity index (χ3n) is 6.04. The summed E-state index contributed by atoms with van der Waals surface area (Å²) in [5.41, 5.74) is 2.12. The van der Waals surface area contributed by atoms with E-state index in [0.717, 1.165) is 30.8 Å². The molecule has 1 fully saturated rings. The Balaban J connectivity index is 1.16. The fourth-order valence-corrected chi connectivity index (χ4v) is 4.98. The molecular weight excluding hydrogens is 465 g/mol. The fourth-order valence-electron chi connectivity index (χ4n) is 4.22. The minimum atomic E-state index is -0.231. The van der Waals surface area contributed by atoms with Crippen LogP contribution in [0.3, 0.4) is 0 Å². The van der Waals surface area contributed by atoms with Crippen molar-refractivity contribution in [1.29, 1.82) is 0 Å². The van der Waals surface area contributed by atoms with Gasteiger partial charge in [-0.15, -0.1) is 10.2 Å². The van der Waals surface area contributed by atoms with Crippen molar-refractivity contribution in [3.8, 4) is 11.6 Å². The first-order valence-corrected chi connectivity index (χ1v) is 12.6. The van der Waals surface area contributed by atoms with Crippen LogP contribution in [-0.2, 0) is 11.3 Å². The molecule has 3 heterocycles. The fraction of sp³-hybridized carbons (Fsp3) is 0.269. The van der Waals surface area contributed by atoms with E-state index in [4.69, 9.17) is 4.42 Å². The second kappa shape index (κ2) is 10.8. The summed E-state index contributed by atoms with van der Waals surface area (Å²) >= 11 is 1.36. The van der Waals surface area contributed by atoms with Crippen LogP contribution in [0.5, 0.6) is 0 Å². The van der Waals surface area contributed by atoms with Crippen LogP contribution in [0.1, 0.15) is 12.0 Å². The summed E-state index contributed by atoms with van der Waals surface area (Å²) in [5, 5.41) is 12.4. The molecule has 2 aromatic carbocycles. The summed E-state index contributed by atoms with van der Waals surface area (Å²) in [6.07, 6.45) is 2.60. The summed E-state index contributed by atoms with van der Waals surface area (Å²) in [6.45, 7) is 2.94. The Bertz CT molecular complexity index is 1240. The second-order valence-electron chi connectivity index (χ2n) is 8.53. The zero-order valence-corrected chi connectivity index (χ0v) is 20.0. The van der Waals surface area contributed by atoms with E-state index in [1.165, 1.54) is 23.9 Å². The van der Waals surface area contributed by atoms with Gasteiger partial charge in [-0.1, -0.05) is 42.1 Å². The monoisotopic (exact) mass is 491 g/mol. The lowest BCUT2D eigenvalue weighted by molar-refractivity contribution is -0.118. The molecule has 1 aliphatic heterocycles. The number of rotatable bonds is 9. The van der Waals surface area contributed by atoms with Crippen LogP contribution in [0.15, 0.2) is 82.6 Å². The van der Waals surface area contributed by atoms with Gasteiger partial charge in [0.05, 0.1) is 18.6 Å². The van der Waals surface area contributed by atoms with Crippen molar-refractivity contribution in [3.05, 3.63) is 84.4 Å². The van der Waals surface area contributed by atoms with Crippen molar-refractivity contribution in [1.82, 2.24) is 20.1 Å². The number of hydrogen-bond donors (Lipinski definition) is 1. The molecule has 1 amide bonds. The van der Waals surface area contributed by atoms with E-state index in [0.29, 0.717) is 35.7 Å². The molecule has 0 saturated carbocycles. The number of nitrogens with one attached hydrogen (secondary N) is 1. The van der Waals surface area contributed by atoms with Crippen LogP contribution < -0.4 is 10.2 Å². The minimum Gasteiger partial charge on any atom is -0.461 e. The number of carbonyl (C=O) groups excluding carboxylic acids is 1. The number of benzene rings is 2. The van der Waals surface area contributed by atoms with Gasteiger partial charge in [0, 0.05) is 25.3 Å². The largest absolute Gasteiger partial charge is 0.461 e. The Kier molecular flexibility index (Phi) is 7.13. The number of furan rings is 1. The molecule has 4 aromatic rings. The quantitative estimate of drug-likeness (QED) is 0.349. The van der Waals surface area contributed by atoms with Crippen molar-refractivity contribution < 1.29 is 13.6 Å². The van der Waals surface area contributed by atoms with Crippen molar-refractivity contribution in [2.75, 3.05) is 30.3 Å². The van der Waals surface area contributed by atoms with Gasteiger partial charge in [0.2, 0.25) is 11.7 Å². The molecule has 180 valence electrons. The third-order valence-corrected chi connectivity index (χ3v) is 7.01. The predicted molar refractivity (Wildman–Crippen MR) is 134 cm³/mol. The lowest BCUT2D eigenvalue weighted by atomic mass is 10.1. The number of amides is 1. The molecular formula is C26H26FN5O2S. The zero-order chi connectivity index (χ0) is 24.0. The Labute approximate surface area is 207 Å². The number of anilines is 1. The first kappa shape index (κ1) is 23.2. The maximum absolute atomic E-state index is 13.2. The summed E-state index contributed by atoms with van der Waals surface area (Å²) in [5.74, 6) is 1.61. The van der Waals surface area contributed by atoms with E-state index in [1.807, 2.05) is 47.0 Å².